The predicted molar refractivity (Wildman–Crippen MR) is 111 cm³/mol. The highest BCUT2D eigenvalue weighted by molar-refractivity contribution is 6.34. The molecule has 29 heavy (non-hydrogen) atoms. The quantitative estimate of drug-likeness (QED) is 0.515. The summed E-state index contributed by atoms with van der Waals surface area (Å²) >= 11 is 6.06. The lowest BCUT2D eigenvalue weighted by atomic mass is 10.1. The van der Waals surface area contributed by atoms with Gasteiger partial charge >= 0.3 is 0 Å². The first-order valence-electron chi connectivity index (χ1n) is 8.64. The average Bonchev–Trinajstić information content (AvgIpc) is 3.19. The van der Waals surface area contributed by atoms with Gasteiger partial charge < -0.3 is 20.9 Å². The molecule has 3 amide bonds. The zero-order valence-electron chi connectivity index (χ0n) is 15.7. The number of aryl methyl sites for hydroxylation is 1. The number of aromatic nitrogens is 2. The normalized spacial score (nSPS) is 10.3. The van der Waals surface area contributed by atoms with Crippen molar-refractivity contribution in [2.45, 2.75) is 6.92 Å². The van der Waals surface area contributed by atoms with Crippen LogP contribution in [0.3, 0.4) is 0 Å². The number of halogens is 1. The Hall–Kier alpha value is -3.65. The highest BCUT2D eigenvalue weighted by Crippen LogP contribution is 2.23. The maximum atomic E-state index is 12.5. The van der Waals surface area contributed by atoms with Crippen LogP contribution in [0.5, 0.6) is 0 Å². The van der Waals surface area contributed by atoms with Crippen LogP contribution in [0.25, 0.3) is 0 Å². The summed E-state index contributed by atoms with van der Waals surface area (Å²) in [4.78, 5) is 43.2. The van der Waals surface area contributed by atoms with Gasteiger partial charge in [-0.1, -0.05) is 23.7 Å². The minimum Gasteiger partial charge on any atom is -0.354 e. The Balaban J connectivity index is 1.74. The lowest BCUT2D eigenvalue weighted by molar-refractivity contribution is 0.0943. The van der Waals surface area contributed by atoms with Crippen molar-refractivity contribution in [1.82, 2.24) is 15.3 Å². The standard InChI is InChI=1S/C20H18ClN5O3/c1-11-9-12(25-20(29)17-16(19(28)22-2)23-10-24-17)7-8-15(11)26-18(27)13-5-3-4-6-14(13)21/h3-10H,1-2H3,(H,22,28)(H,23,24)(H,25,29)(H,26,27). The molecule has 0 saturated heterocycles. The van der Waals surface area contributed by atoms with E-state index in [0.717, 1.165) is 5.56 Å². The van der Waals surface area contributed by atoms with Crippen LogP contribution in [-0.2, 0) is 0 Å². The summed E-state index contributed by atoms with van der Waals surface area (Å²) < 4.78 is 0. The molecule has 0 unspecified atom stereocenters. The molecular formula is C20H18ClN5O3. The molecule has 1 aromatic heterocycles. The van der Waals surface area contributed by atoms with E-state index >= 15 is 0 Å². The van der Waals surface area contributed by atoms with Crippen molar-refractivity contribution < 1.29 is 14.4 Å². The van der Waals surface area contributed by atoms with Crippen LogP contribution in [0.1, 0.15) is 36.9 Å². The Morgan fingerprint density at radius 3 is 2.45 bits per heavy atom. The number of H-pyrrole nitrogens is 1. The number of anilines is 2. The molecule has 1 heterocycles. The molecule has 8 nitrogen and oxygen atoms in total. The highest BCUT2D eigenvalue weighted by Gasteiger charge is 2.20. The minimum absolute atomic E-state index is 0.0156. The van der Waals surface area contributed by atoms with E-state index in [1.54, 1.807) is 49.4 Å². The predicted octanol–water partition coefficient (Wildman–Crippen LogP) is 3.24. The van der Waals surface area contributed by atoms with E-state index in [9.17, 15) is 14.4 Å². The van der Waals surface area contributed by atoms with Gasteiger partial charge in [-0.15, -0.1) is 0 Å². The summed E-state index contributed by atoms with van der Waals surface area (Å²) in [6.07, 6.45) is 1.28. The zero-order valence-corrected chi connectivity index (χ0v) is 16.4. The van der Waals surface area contributed by atoms with Crippen molar-refractivity contribution in [3.05, 3.63) is 76.3 Å². The second-order valence-corrected chi connectivity index (χ2v) is 6.53. The van der Waals surface area contributed by atoms with Gasteiger partial charge in [0.1, 0.15) is 5.69 Å². The molecule has 0 aliphatic rings. The van der Waals surface area contributed by atoms with Crippen molar-refractivity contribution in [1.29, 1.82) is 0 Å². The molecule has 0 aliphatic carbocycles. The summed E-state index contributed by atoms with van der Waals surface area (Å²) in [5.74, 6) is -1.30. The first kappa shape index (κ1) is 20.1. The second kappa shape index (κ2) is 8.57. The first-order valence-corrected chi connectivity index (χ1v) is 9.02. The molecule has 0 radical (unpaired) electrons. The Labute approximate surface area is 171 Å². The van der Waals surface area contributed by atoms with E-state index in [1.807, 2.05) is 0 Å². The van der Waals surface area contributed by atoms with Gasteiger partial charge in [-0.2, -0.15) is 0 Å². The number of hydrogen-bond acceptors (Lipinski definition) is 4. The van der Waals surface area contributed by atoms with Gasteiger partial charge in [-0.3, -0.25) is 14.4 Å². The molecule has 3 aromatic rings. The van der Waals surface area contributed by atoms with E-state index < -0.39 is 11.8 Å². The van der Waals surface area contributed by atoms with Crippen LogP contribution in [-0.4, -0.2) is 34.7 Å². The van der Waals surface area contributed by atoms with Crippen LogP contribution in [0.15, 0.2) is 48.8 Å². The maximum absolute atomic E-state index is 12.5. The van der Waals surface area contributed by atoms with Crippen LogP contribution in [0, 0.1) is 6.92 Å². The van der Waals surface area contributed by atoms with Gasteiger partial charge in [0, 0.05) is 18.4 Å². The van der Waals surface area contributed by atoms with Crippen LogP contribution < -0.4 is 16.0 Å². The summed E-state index contributed by atoms with van der Waals surface area (Å²) in [6.45, 7) is 1.79. The first-order chi connectivity index (χ1) is 13.9. The third-order valence-electron chi connectivity index (χ3n) is 4.16. The van der Waals surface area contributed by atoms with Crippen molar-refractivity contribution in [3.8, 4) is 0 Å². The molecule has 9 heteroatoms. The number of aromatic amines is 1. The third-order valence-corrected chi connectivity index (χ3v) is 4.49. The molecule has 148 valence electrons. The number of imidazole rings is 1. The smallest absolute Gasteiger partial charge is 0.276 e. The fourth-order valence-corrected chi connectivity index (χ4v) is 2.89. The van der Waals surface area contributed by atoms with Gasteiger partial charge in [0.05, 0.1) is 16.9 Å². The van der Waals surface area contributed by atoms with Gasteiger partial charge in [0.2, 0.25) is 0 Å². The topological polar surface area (TPSA) is 116 Å². The molecule has 2 aromatic carbocycles. The molecular weight excluding hydrogens is 394 g/mol. The summed E-state index contributed by atoms with van der Waals surface area (Å²) in [7, 11) is 1.46. The SMILES string of the molecule is CNC(=O)c1[nH]cnc1C(=O)Nc1ccc(NC(=O)c2ccccc2Cl)c(C)c1. The number of rotatable bonds is 5. The van der Waals surface area contributed by atoms with Crippen molar-refractivity contribution in [2.24, 2.45) is 0 Å². The van der Waals surface area contributed by atoms with Crippen molar-refractivity contribution in [3.63, 3.8) is 0 Å². The lowest BCUT2D eigenvalue weighted by Crippen LogP contribution is -2.23. The largest absolute Gasteiger partial charge is 0.354 e. The molecule has 0 atom stereocenters. The molecule has 0 saturated carbocycles. The summed E-state index contributed by atoms with van der Waals surface area (Å²) in [5, 5.41) is 8.29. The summed E-state index contributed by atoms with van der Waals surface area (Å²) in [6, 6.07) is 11.8. The van der Waals surface area contributed by atoms with E-state index in [1.165, 1.54) is 13.4 Å². The number of nitrogens with one attached hydrogen (secondary N) is 4. The second-order valence-electron chi connectivity index (χ2n) is 6.12. The Morgan fingerprint density at radius 2 is 1.76 bits per heavy atom. The Morgan fingerprint density at radius 1 is 1.00 bits per heavy atom. The Bertz CT molecular complexity index is 1090. The monoisotopic (exact) mass is 411 g/mol. The van der Waals surface area contributed by atoms with Crippen LogP contribution >= 0.6 is 11.6 Å². The minimum atomic E-state index is -0.530. The number of carbonyl (C=O) groups excluding carboxylic acids is 3. The van der Waals surface area contributed by atoms with Crippen molar-refractivity contribution >= 4 is 40.7 Å². The lowest BCUT2D eigenvalue weighted by Gasteiger charge is -2.12. The molecule has 0 aliphatic heterocycles. The third kappa shape index (κ3) is 4.44. The molecule has 0 spiro atoms. The van der Waals surface area contributed by atoms with Crippen LogP contribution in [0.4, 0.5) is 11.4 Å². The number of hydrogen-bond donors (Lipinski definition) is 4. The summed E-state index contributed by atoms with van der Waals surface area (Å²) in [5.41, 5.74) is 2.24. The number of benzene rings is 2. The van der Waals surface area contributed by atoms with E-state index in [-0.39, 0.29) is 17.3 Å². The van der Waals surface area contributed by atoms with Gasteiger partial charge in [0.25, 0.3) is 17.7 Å². The van der Waals surface area contributed by atoms with Gasteiger partial charge in [0.15, 0.2) is 5.69 Å². The number of nitrogens with zero attached hydrogens (tertiary/aromatic N) is 1. The number of carbonyl (C=O) groups is 3. The van der Waals surface area contributed by atoms with E-state index in [2.05, 4.69) is 25.9 Å². The van der Waals surface area contributed by atoms with Gasteiger partial charge in [-0.05, 0) is 42.8 Å². The fraction of sp³-hybridized carbons (Fsp3) is 0.100. The maximum Gasteiger partial charge on any atom is 0.276 e. The van der Waals surface area contributed by atoms with Gasteiger partial charge in [-0.25, -0.2) is 4.98 Å². The number of amides is 3. The molecule has 0 bridgehead atoms. The molecule has 4 N–H and O–H groups in total. The highest BCUT2D eigenvalue weighted by atomic mass is 35.5. The van der Waals surface area contributed by atoms with Crippen molar-refractivity contribution in [2.75, 3.05) is 17.7 Å². The molecule has 0 fully saturated rings. The fourth-order valence-electron chi connectivity index (χ4n) is 2.67. The average molecular weight is 412 g/mol. The Kier molecular flexibility index (Phi) is 5.94. The van der Waals surface area contributed by atoms with E-state index in [4.69, 9.17) is 11.6 Å². The van der Waals surface area contributed by atoms with E-state index in [0.29, 0.717) is 22.0 Å². The zero-order chi connectivity index (χ0) is 21.0. The molecule has 3 rings (SSSR count). The van der Waals surface area contributed by atoms with Crippen LogP contribution in [0.2, 0.25) is 5.02 Å².